The second-order valence-electron chi connectivity index (χ2n) is 5.73. The Morgan fingerprint density at radius 1 is 1.33 bits per heavy atom. The Labute approximate surface area is 123 Å². The number of nitrogens with one attached hydrogen (secondary N) is 1. The number of aromatic carboxylic acids is 1. The highest BCUT2D eigenvalue weighted by Gasteiger charge is 2.14. The smallest absolute Gasteiger partial charge is 0.335 e. The molecule has 0 spiro atoms. The van der Waals surface area contributed by atoms with Gasteiger partial charge in [0.25, 0.3) is 6.01 Å². The summed E-state index contributed by atoms with van der Waals surface area (Å²) >= 11 is 0. The Hall–Kier alpha value is -2.04. The first-order valence-corrected chi connectivity index (χ1v) is 7.60. The number of carboxylic acids is 1. The minimum atomic E-state index is -0.958. The molecule has 1 heterocycles. The Kier molecular flexibility index (Phi) is 4.08. The fraction of sp³-hybridized carbons (Fsp3) is 0.500. The van der Waals surface area contributed by atoms with E-state index in [1.165, 1.54) is 38.2 Å². The topological polar surface area (TPSA) is 75.4 Å². The maximum atomic E-state index is 10.9. The summed E-state index contributed by atoms with van der Waals surface area (Å²) in [6.45, 7) is 0.850. The highest BCUT2D eigenvalue weighted by atomic mass is 16.4. The van der Waals surface area contributed by atoms with E-state index in [-0.39, 0.29) is 5.56 Å². The third-order valence-electron chi connectivity index (χ3n) is 4.19. The average molecular weight is 288 g/mol. The Balaban J connectivity index is 1.60. The van der Waals surface area contributed by atoms with E-state index in [1.54, 1.807) is 12.1 Å². The largest absolute Gasteiger partial charge is 0.478 e. The van der Waals surface area contributed by atoms with E-state index in [1.807, 2.05) is 0 Å². The number of nitrogens with zero attached hydrogens (tertiary/aromatic N) is 1. The number of anilines is 1. The van der Waals surface area contributed by atoms with Gasteiger partial charge in [-0.15, -0.1) is 0 Å². The van der Waals surface area contributed by atoms with Crippen molar-refractivity contribution in [2.75, 3.05) is 11.9 Å². The Morgan fingerprint density at radius 3 is 2.90 bits per heavy atom. The summed E-state index contributed by atoms with van der Waals surface area (Å²) in [6.07, 6.45) is 7.88. The van der Waals surface area contributed by atoms with Crippen LogP contribution in [0.1, 0.15) is 48.9 Å². The molecule has 0 bridgehead atoms. The van der Waals surface area contributed by atoms with Crippen LogP contribution in [0.3, 0.4) is 0 Å². The molecule has 1 aliphatic rings. The van der Waals surface area contributed by atoms with Crippen molar-refractivity contribution in [1.82, 2.24) is 4.98 Å². The average Bonchev–Trinajstić information content (AvgIpc) is 2.90. The van der Waals surface area contributed by atoms with Gasteiger partial charge in [0, 0.05) is 6.54 Å². The Bertz CT molecular complexity index is 629. The number of hydrogen-bond donors (Lipinski definition) is 2. The van der Waals surface area contributed by atoms with E-state index < -0.39 is 5.97 Å². The summed E-state index contributed by atoms with van der Waals surface area (Å²) < 4.78 is 5.56. The predicted molar refractivity (Wildman–Crippen MR) is 80.7 cm³/mol. The molecule has 2 aromatic rings. The monoisotopic (exact) mass is 288 g/mol. The van der Waals surface area contributed by atoms with Crippen molar-refractivity contribution in [2.24, 2.45) is 5.92 Å². The molecular formula is C16H20N2O3. The molecule has 112 valence electrons. The Morgan fingerprint density at radius 2 is 2.14 bits per heavy atom. The van der Waals surface area contributed by atoms with E-state index in [2.05, 4.69) is 10.3 Å². The van der Waals surface area contributed by atoms with Crippen molar-refractivity contribution >= 4 is 23.1 Å². The zero-order valence-corrected chi connectivity index (χ0v) is 12.0. The molecule has 1 aromatic carbocycles. The van der Waals surface area contributed by atoms with Gasteiger partial charge < -0.3 is 14.8 Å². The normalized spacial score (nSPS) is 16.2. The summed E-state index contributed by atoms with van der Waals surface area (Å²) in [6, 6.07) is 5.20. The molecule has 0 amide bonds. The van der Waals surface area contributed by atoms with E-state index in [4.69, 9.17) is 9.52 Å². The van der Waals surface area contributed by atoms with Crippen molar-refractivity contribution in [2.45, 2.75) is 38.5 Å². The molecule has 5 nitrogen and oxygen atoms in total. The SMILES string of the molecule is O=C(O)c1ccc2nc(NCCC3CCCCC3)oc2c1. The van der Waals surface area contributed by atoms with Crippen LogP contribution < -0.4 is 5.32 Å². The zero-order valence-electron chi connectivity index (χ0n) is 12.0. The lowest BCUT2D eigenvalue weighted by Gasteiger charge is -2.21. The first-order chi connectivity index (χ1) is 10.2. The minimum Gasteiger partial charge on any atom is -0.478 e. The summed E-state index contributed by atoms with van der Waals surface area (Å²) in [5.41, 5.74) is 1.41. The first-order valence-electron chi connectivity index (χ1n) is 7.60. The lowest BCUT2D eigenvalue weighted by atomic mass is 9.87. The maximum absolute atomic E-state index is 10.9. The second kappa shape index (κ2) is 6.16. The van der Waals surface area contributed by atoms with Gasteiger partial charge in [-0.1, -0.05) is 32.1 Å². The van der Waals surface area contributed by atoms with Gasteiger partial charge in [0.2, 0.25) is 0 Å². The van der Waals surface area contributed by atoms with Crippen molar-refractivity contribution in [1.29, 1.82) is 0 Å². The highest BCUT2D eigenvalue weighted by molar-refractivity contribution is 5.92. The number of carboxylic acid groups (broad SMARTS) is 1. The fourth-order valence-electron chi connectivity index (χ4n) is 2.99. The molecule has 0 unspecified atom stereocenters. The van der Waals surface area contributed by atoms with Crippen LogP contribution in [0, 0.1) is 5.92 Å². The van der Waals surface area contributed by atoms with Crippen LogP contribution in [-0.2, 0) is 0 Å². The van der Waals surface area contributed by atoms with Gasteiger partial charge in [-0.3, -0.25) is 0 Å². The molecule has 0 aliphatic heterocycles. The fourth-order valence-corrected chi connectivity index (χ4v) is 2.99. The molecule has 1 aromatic heterocycles. The quantitative estimate of drug-likeness (QED) is 0.872. The number of benzene rings is 1. The molecule has 0 atom stereocenters. The van der Waals surface area contributed by atoms with Gasteiger partial charge in [0.15, 0.2) is 5.58 Å². The molecule has 21 heavy (non-hydrogen) atoms. The summed E-state index contributed by atoms with van der Waals surface area (Å²) in [4.78, 5) is 15.2. The van der Waals surface area contributed by atoms with Crippen LogP contribution in [0.25, 0.3) is 11.1 Å². The molecular weight excluding hydrogens is 268 g/mol. The number of aromatic nitrogens is 1. The summed E-state index contributed by atoms with van der Waals surface area (Å²) in [5, 5.41) is 12.2. The van der Waals surface area contributed by atoms with Crippen LogP contribution in [0.2, 0.25) is 0 Å². The van der Waals surface area contributed by atoms with E-state index in [0.29, 0.717) is 17.1 Å². The number of carbonyl (C=O) groups is 1. The van der Waals surface area contributed by atoms with Crippen LogP contribution in [0.15, 0.2) is 22.6 Å². The van der Waals surface area contributed by atoms with Crippen LogP contribution in [0.5, 0.6) is 0 Å². The third-order valence-corrected chi connectivity index (χ3v) is 4.19. The second-order valence-corrected chi connectivity index (χ2v) is 5.73. The molecule has 5 heteroatoms. The summed E-state index contributed by atoms with van der Waals surface area (Å²) in [5.74, 6) is -0.144. The van der Waals surface area contributed by atoms with E-state index in [0.717, 1.165) is 18.9 Å². The van der Waals surface area contributed by atoms with Gasteiger partial charge in [-0.2, -0.15) is 4.98 Å². The van der Waals surface area contributed by atoms with Crippen molar-refractivity contribution in [3.05, 3.63) is 23.8 Å². The van der Waals surface area contributed by atoms with Crippen molar-refractivity contribution in [3.8, 4) is 0 Å². The number of fused-ring (bicyclic) bond motifs is 1. The summed E-state index contributed by atoms with van der Waals surface area (Å²) in [7, 11) is 0. The maximum Gasteiger partial charge on any atom is 0.335 e. The van der Waals surface area contributed by atoms with Gasteiger partial charge in [0.1, 0.15) is 5.52 Å². The third kappa shape index (κ3) is 3.35. The molecule has 1 fully saturated rings. The highest BCUT2D eigenvalue weighted by Crippen LogP contribution is 2.26. The van der Waals surface area contributed by atoms with Crippen LogP contribution in [-0.4, -0.2) is 22.6 Å². The zero-order chi connectivity index (χ0) is 14.7. The molecule has 0 saturated heterocycles. The first kappa shape index (κ1) is 13.9. The number of hydrogen-bond acceptors (Lipinski definition) is 4. The van der Waals surface area contributed by atoms with Crippen molar-refractivity contribution in [3.63, 3.8) is 0 Å². The minimum absolute atomic E-state index is 0.215. The van der Waals surface area contributed by atoms with Gasteiger partial charge in [-0.25, -0.2) is 4.79 Å². The molecule has 0 radical (unpaired) electrons. The predicted octanol–water partition coefficient (Wildman–Crippen LogP) is 3.91. The standard InChI is InChI=1S/C16H20N2O3/c19-15(20)12-6-7-13-14(10-12)21-16(18-13)17-9-8-11-4-2-1-3-5-11/h6-7,10-11H,1-5,8-9H2,(H,17,18)(H,19,20). The van der Waals surface area contributed by atoms with Gasteiger partial charge in [-0.05, 0) is 30.5 Å². The lowest BCUT2D eigenvalue weighted by molar-refractivity contribution is 0.0697. The van der Waals surface area contributed by atoms with Crippen molar-refractivity contribution < 1.29 is 14.3 Å². The number of rotatable bonds is 5. The van der Waals surface area contributed by atoms with Gasteiger partial charge >= 0.3 is 5.97 Å². The van der Waals surface area contributed by atoms with Crippen LogP contribution >= 0.6 is 0 Å². The molecule has 3 rings (SSSR count). The van der Waals surface area contributed by atoms with Crippen LogP contribution in [0.4, 0.5) is 6.01 Å². The molecule has 1 aliphatic carbocycles. The van der Waals surface area contributed by atoms with Gasteiger partial charge in [0.05, 0.1) is 5.56 Å². The van der Waals surface area contributed by atoms with E-state index >= 15 is 0 Å². The molecule has 2 N–H and O–H groups in total. The molecule has 1 saturated carbocycles. The number of oxazole rings is 1. The lowest BCUT2D eigenvalue weighted by Crippen LogP contribution is -2.12. The van der Waals surface area contributed by atoms with E-state index in [9.17, 15) is 4.79 Å².